The van der Waals surface area contributed by atoms with Crippen LogP contribution in [0.5, 0.6) is 0 Å². The van der Waals surface area contributed by atoms with Crippen molar-refractivity contribution in [2.75, 3.05) is 14.2 Å². The van der Waals surface area contributed by atoms with E-state index in [1.54, 1.807) is 0 Å². The quantitative estimate of drug-likeness (QED) is 0.719. The van der Waals surface area contributed by atoms with Crippen molar-refractivity contribution < 1.29 is 19.1 Å². The Hall–Kier alpha value is -1.06. The molecule has 4 nitrogen and oxygen atoms in total. The molecule has 6 saturated carbocycles. The molecule has 0 amide bonds. The first-order valence-corrected chi connectivity index (χ1v) is 7.84. The van der Waals surface area contributed by atoms with Crippen LogP contribution in [0, 0.1) is 46.3 Å². The van der Waals surface area contributed by atoms with E-state index in [9.17, 15) is 9.59 Å². The lowest BCUT2D eigenvalue weighted by Gasteiger charge is -2.51. The predicted octanol–water partition coefficient (Wildman–Crippen LogP) is 1.63. The van der Waals surface area contributed by atoms with E-state index in [-0.39, 0.29) is 11.9 Å². The maximum absolute atomic E-state index is 12.8. The molecule has 0 saturated heterocycles. The van der Waals surface area contributed by atoms with Gasteiger partial charge in [-0.15, -0.1) is 0 Å². The third-order valence-electron chi connectivity index (χ3n) is 7.95. The summed E-state index contributed by atoms with van der Waals surface area (Å²) in [6.07, 6.45) is 4.40. The summed E-state index contributed by atoms with van der Waals surface area (Å²) in [5.41, 5.74) is -1.06. The van der Waals surface area contributed by atoms with Crippen LogP contribution in [-0.2, 0) is 19.1 Å². The number of hydrogen-bond donors (Lipinski definition) is 0. The van der Waals surface area contributed by atoms with Gasteiger partial charge in [-0.2, -0.15) is 0 Å². The Morgan fingerprint density at radius 1 is 0.750 bits per heavy atom. The van der Waals surface area contributed by atoms with Gasteiger partial charge in [0.25, 0.3) is 0 Å². The van der Waals surface area contributed by atoms with E-state index in [0.717, 1.165) is 25.7 Å². The largest absolute Gasteiger partial charge is 0.469 e. The first-order chi connectivity index (χ1) is 9.67. The van der Waals surface area contributed by atoms with Gasteiger partial charge in [-0.05, 0) is 61.2 Å². The third kappa shape index (κ3) is 0.709. The number of rotatable bonds is 2. The lowest BCUT2D eigenvalue weighted by molar-refractivity contribution is -0.193. The maximum Gasteiger partial charge on any atom is 0.313 e. The first kappa shape index (κ1) is 11.6. The van der Waals surface area contributed by atoms with Gasteiger partial charge in [0.1, 0.15) is 0 Å². The molecule has 108 valence electrons. The van der Waals surface area contributed by atoms with Crippen LogP contribution >= 0.6 is 0 Å². The molecule has 0 radical (unpaired) electrons. The molecule has 8 bridgehead atoms. The summed E-state index contributed by atoms with van der Waals surface area (Å²) in [6.45, 7) is 0. The minimum Gasteiger partial charge on any atom is -0.469 e. The molecule has 0 spiro atoms. The van der Waals surface area contributed by atoms with Crippen molar-refractivity contribution in [1.82, 2.24) is 0 Å². The minimum absolute atomic E-state index is 0.116. The van der Waals surface area contributed by atoms with Crippen molar-refractivity contribution in [3.8, 4) is 0 Å². The molecule has 20 heavy (non-hydrogen) atoms. The van der Waals surface area contributed by atoms with Gasteiger partial charge in [-0.1, -0.05) is 0 Å². The number of carbonyl (C=O) groups is 2. The Balaban J connectivity index is 1.81. The normalized spacial score (nSPS) is 59.5. The Morgan fingerprint density at radius 2 is 1.05 bits per heavy atom. The summed E-state index contributed by atoms with van der Waals surface area (Å²) < 4.78 is 10.5. The number of carbonyl (C=O) groups excluding carboxylic acids is 2. The zero-order valence-corrected chi connectivity index (χ0v) is 11.9. The summed E-state index contributed by atoms with van der Waals surface area (Å²) in [5, 5.41) is 0. The van der Waals surface area contributed by atoms with Gasteiger partial charge < -0.3 is 9.47 Å². The standard InChI is InChI=1S/C16H20O4/c1-19-13(17)15-7-3-5-9-11(7)12-8(15)4-6-10(12)16(9,15)14(18)20-2/h7-12H,3-6H2,1-2H3/t7-,8+,9+,10-,11?,12?,15?,16?. The van der Waals surface area contributed by atoms with Crippen LogP contribution in [0.3, 0.4) is 0 Å². The Bertz CT molecular complexity index is 467. The van der Waals surface area contributed by atoms with Crippen molar-refractivity contribution >= 4 is 11.9 Å². The number of esters is 2. The average molecular weight is 276 g/mol. The Morgan fingerprint density at radius 3 is 1.30 bits per heavy atom. The monoisotopic (exact) mass is 276 g/mol. The van der Waals surface area contributed by atoms with Crippen LogP contribution in [0.4, 0.5) is 0 Å². The Kier molecular flexibility index (Phi) is 1.78. The second kappa shape index (κ2) is 3.07. The molecular weight excluding hydrogens is 256 g/mol. The van der Waals surface area contributed by atoms with Crippen molar-refractivity contribution in [3.63, 3.8) is 0 Å². The second-order valence-electron chi connectivity index (χ2n) is 7.46. The van der Waals surface area contributed by atoms with Gasteiger partial charge in [0.2, 0.25) is 0 Å². The zero-order chi connectivity index (χ0) is 13.9. The van der Waals surface area contributed by atoms with Crippen LogP contribution in [0.2, 0.25) is 0 Å². The van der Waals surface area contributed by atoms with Crippen molar-refractivity contribution in [2.24, 2.45) is 46.3 Å². The Labute approximate surface area is 118 Å². The van der Waals surface area contributed by atoms with Crippen molar-refractivity contribution in [3.05, 3.63) is 0 Å². The van der Waals surface area contributed by atoms with E-state index < -0.39 is 10.8 Å². The summed E-state index contributed by atoms with van der Waals surface area (Å²) in [4.78, 5) is 25.6. The SMILES string of the molecule is COC(=O)C12[C@@H]3CC[C@H]4C3C3[C@@H](CC[C@@H]31)C42C(=O)OC. The fourth-order valence-electron chi connectivity index (χ4n) is 8.30. The van der Waals surface area contributed by atoms with Gasteiger partial charge in [0.15, 0.2) is 0 Å². The molecule has 4 unspecified atom stereocenters. The van der Waals surface area contributed by atoms with Crippen LogP contribution in [-0.4, -0.2) is 26.2 Å². The molecule has 6 aliphatic carbocycles. The van der Waals surface area contributed by atoms with Gasteiger partial charge in [0, 0.05) is 0 Å². The summed E-state index contributed by atoms with van der Waals surface area (Å²) in [7, 11) is 2.96. The molecule has 0 aromatic carbocycles. The summed E-state index contributed by atoms with van der Waals surface area (Å²) in [6, 6.07) is 0. The highest BCUT2D eigenvalue weighted by Gasteiger charge is 2.95. The van der Waals surface area contributed by atoms with Crippen LogP contribution in [0.15, 0.2) is 0 Å². The highest BCUT2D eigenvalue weighted by molar-refractivity contribution is 5.94. The number of methoxy groups -OCH3 is 2. The van der Waals surface area contributed by atoms with E-state index >= 15 is 0 Å². The number of hydrogen-bond acceptors (Lipinski definition) is 4. The first-order valence-electron chi connectivity index (χ1n) is 7.84. The molecule has 6 aliphatic rings. The third-order valence-corrected chi connectivity index (χ3v) is 7.95. The topological polar surface area (TPSA) is 52.6 Å². The van der Waals surface area contributed by atoms with E-state index in [1.165, 1.54) is 14.2 Å². The molecular formula is C16H20O4. The summed E-state index contributed by atoms with van der Waals surface area (Å²) >= 11 is 0. The molecule has 6 rings (SSSR count). The predicted molar refractivity (Wildman–Crippen MR) is 68.3 cm³/mol. The second-order valence-corrected chi connectivity index (χ2v) is 7.46. The van der Waals surface area contributed by atoms with E-state index in [1.807, 2.05) is 0 Å². The van der Waals surface area contributed by atoms with E-state index in [0.29, 0.717) is 35.5 Å². The molecule has 0 aliphatic heterocycles. The van der Waals surface area contributed by atoms with Crippen LogP contribution < -0.4 is 0 Å². The molecule has 6 fully saturated rings. The van der Waals surface area contributed by atoms with Gasteiger partial charge in [-0.3, -0.25) is 9.59 Å². The fourth-order valence-corrected chi connectivity index (χ4v) is 8.30. The molecule has 0 aromatic rings. The smallest absolute Gasteiger partial charge is 0.313 e. The van der Waals surface area contributed by atoms with Gasteiger partial charge in [0.05, 0.1) is 25.0 Å². The zero-order valence-electron chi connectivity index (χ0n) is 11.9. The van der Waals surface area contributed by atoms with Crippen molar-refractivity contribution in [2.45, 2.75) is 25.7 Å². The molecule has 4 heteroatoms. The summed E-state index contributed by atoms with van der Waals surface area (Å²) in [5.74, 6) is 2.47. The molecule has 0 heterocycles. The molecule has 0 N–H and O–H groups in total. The average Bonchev–Trinajstić information content (AvgIpc) is 3.23. The van der Waals surface area contributed by atoms with Crippen molar-refractivity contribution in [1.29, 1.82) is 0 Å². The number of ether oxygens (including phenoxy) is 2. The molecule has 8 atom stereocenters. The van der Waals surface area contributed by atoms with Gasteiger partial charge in [-0.25, -0.2) is 0 Å². The maximum atomic E-state index is 12.8. The fraction of sp³-hybridized carbons (Fsp3) is 0.875. The highest BCUT2D eigenvalue weighted by Crippen LogP contribution is 2.92. The minimum atomic E-state index is -0.532. The lowest BCUT2D eigenvalue weighted by atomic mass is 9.50. The molecule has 0 aromatic heterocycles. The van der Waals surface area contributed by atoms with E-state index in [4.69, 9.17) is 9.47 Å². The highest BCUT2D eigenvalue weighted by atomic mass is 16.5. The van der Waals surface area contributed by atoms with Gasteiger partial charge >= 0.3 is 11.9 Å². The van der Waals surface area contributed by atoms with E-state index in [2.05, 4.69) is 0 Å². The lowest BCUT2D eigenvalue weighted by Crippen LogP contribution is -2.60. The van der Waals surface area contributed by atoms with Crippen LogP contribution in [0.25, 0.3) is 0 Å². The van der Waals surface area contributed by atoms with Crippen LogP contribution in [0.1, 0.15) is 25.7 Å².